The van der Waals surface area contributed by atoms with E-state index in [0.29, 0.717) is 31.9 Å². The van der Waals surface area contributed by atoms with Crippen LogP contribution in [-0.2, 0) is 0 Å². The van der Waals surface area contributed by atoms with Crippen molar-refractivity contribution >= 4 is 45.6 Å². The van der Waals surface area contributed by atoms with Crippen molar-refractivity contribution in [3.05, 3.63) is 61.2 Å². The number of primary amides is 1. The number of amides is 1. The number of non-ortho nitro benzene ring substituents is 1. The zero-order valence-electron chi connectivity index (χ0n) is 16.6. The maximum Gasteiger partial charge on any atom is 0.270 e. The van der Waals surface area contributed by atoms with E-state index < -0.39 is 10.8 Å². The number of nitrogens with two attached hydrogens (primary N) is 1. The first-order chi connectivity index (χ1) is 14.3. The van der Waals surface area contributed by atoms with Crippen molar-refractivity contribution in [2.75, 3.05) is 44.3 Å². The van der Waals surface area contributed by atoms with Gasteiger partial charge in [0.1, 0.15) is 0 Å². The Balaban J connectivity index is 2.53. The zero-order valence-corrected chi connectivity index (χ0v) is 18.8. The van der Waals surface area contributed by atoms with Gasteiger partial charge in [-0.1, -0.05) is 6.07 Å². The Morgan fingerprint density at radius 3 is 2.23 bits per heavy atom. The number of benzene rings is 2. The van der Waals surface area contributed by atoms with Crippen LogP contribution in [0.3, 0.4) is 0 Å². The van der Waals surface area contributed by atoms with E-state index in [2.05, 4.69) is 22.6 Å². The Morgan fingerprint density at radius 1 is 1.07 bits per heavy atom. The second-order valence-electron chi connectivity index (χ2n) is 6.72. The molecule has 0 spiro atoms. The van der Waals surface area contributed by atoms with Gasteiger partial charge in [0.25, 0.3) is 11.6 Å². The highest BCUT2D eigenvalue weighted by Crippen LogP contribution is 2.34. The van der Waals surface area contributed by atoms with Gasteiger partial charge in [-0.25, -0.2) is 0 Å². The minimum Gasteiger partial charge on any atom is -0.395 e. The molecule has 0 saturated carbocycles. The van der Waals surface area contributed by atoms with Gasteiger partial charge in [-0.3, -0.25) is 19.8 Å². The predicted molar refractivity (Wildman–Crippen MR) is 123 cm³/mol. The van der Waals surface area contributed by atoms with Crippen LogP contribution in [0.4, 0.5) is 17.1 Å². The maximum atomic E-state index is 12.1. The lowest BCUT2D eigenvalue weighted by atomic mass is 10.1. The highest BCUT2D eigenvalue weighted by molar-refractivity contribution is 14.1. The van der Waals surface area contributed by atoms with E-state index >= 15 is 0 Å². The molecule has 162 valence electrons. The van der Waals surface area contributed by atoms with Crippen LogP contribution in [0.5, 0.6) is 0 Å². The van der Waals surface area contributed by atoms with E-state index in [0.717, 1.165) is 14.8 Å². The van der Waals surface area contributed by atoms with E-state index in [9.17, 15) is 25.1 Å². The number of nitro benzene ring substituents is 1. The van der Waals surface area contributed by atoms with Crippen molar-refractivity contribution in [2.45, 2.75) is 6.92 Å². The summed E-state index contributed by atoms with van der Waals surface area (Å²) in [6, 6.07) is 9.92. The zero-order chi connectivity index (χ0) is 22.3. The molecule has 0 aliphatic carbocycles. The Bertz CT molecular complexity index is 903. The van der Waals surface area contributed by atoms with Gasteiger partial charge in [-0.15, -0.1) is 0 Å². The second-order valence-corrected chi connectivity index (χ2v) is 7.88. The number of nitrogens with zero attached hydrogens (tertiary/aromatic N) is 3. The molecule has 0 aliphatic heterocycles. The van der Waals surface area contributed by atoms with Gasteiger partial charge in [0.2, 0.25) is 0 Å². The number of carbonyl (C=O) groups excluding carboxylic acids is 1. The van der Waals surface area contributed by atoms with Gasteiger partial charge in [0, 0.05) is 41.9 Å². The first kappa shape index (κ1) is 24.0. The summed E-state index contributed by atoms with van der Waals surface area (Å²) < 4.78 is 0.942. The fourth-order valence-electron chi connectivity index (χ4n) is 3.13. The molecule has 0 fully saturated rings. The smallest absolute Gasteiger partial charge is 0.270 e. The molecule has 0 aliphatic rings. The number of hydrogen-bond donors (Lipinski definition) is 3. The highest BCUT2D eigenvalue weighted by atomic mass is 127. The minimum atomic E-state index is -0.761. The Labute approximate surface area is 188 Å². The Morgan fingerprint density at radius 2 is 1.70 bits per heavy atom. The predicted octanol–water partition coefficient (Wildman–Crippen LogP) is 2.03. The molecule has 30 heavy (non-hydrogen) atoms. The first-order valence-corrected chi connectivity index (χ1v) is 10.4. The number of aliphatic hydroxyl groups excluding tert-OH is 2. The molecular formula is C20H25IN4O5. The van der Waals surface area contributed by atoms with Crippen LogP contribution in [0.15, 0.2) is 36.4 Å². The van der Waals surface area contributed by atoms with E-state index in [4.69, 9.17) is 5.73 Å². The third-order valence-electron chi connectivity index (χ3n) is 4.61. The van der Waals surface area contributed by atoms with Gasteiger partial charge in [-0.2, -0.15) is 0 Å². The molecule has 9 nitrogen and oxygen atoms in total. The monoisotopic (exact) mass is 528 g/mol. The lowest BCUT2D eigenvalue weighted by Crippen LogP contribution is -2.37. The molecule has 0 bridgehead atoms. The minimum absolute atomic E-state index is 0.0495. The summed E-state index contributed by atoms with van der Waals surface area (Å²) in [5, 5.41) is 29.7. The van der Waals surface area contributed by atoms with Crippen LogP contribution < -0.4 is 10.6 Å². The Hall–Kier alpha value is -2.28. The summed E-state index contributed by atoms with van der Waals surface area (Å²) in [6.45, 7) is 3.56. The molecule has 2 aromatic carbocycles. The SMILES string of the molecule is Cc1ccc(N(CCN(CCO)CCO)c2ccc([N+](=O)[O-])cc2C(N)=O)c(I)c1. The van der Waals surface area contributed by atoms with Crippen molar-refractivity contribution in [2.24, 2.45) is 5.73 Å². The van der Waals surface area contributed by atoms with Crippen LogP contribution in [-0.4, -0.2) is 65.3 Å². The number of nitro groups is 1. The quantitative estimate of drug-likeness (QED) is 0.231. The van der Waals surface area contributed by atoms with Gasteiger partial charge in [0.15, 0.2) is 0 Å². The number of aliphatic hydroxyl groups is 2. The molecule has 0 aromatic heterocycles. The summed E-state index contributed by atoms with van der Waals surface area (Å²) in [7, 11) is 0. The molecule has 0 heterocycles. The number of rotatable bonds is 11. The van der Waals surface area contributed by atoms with Crippen LogP contribution in [0.2, 0.25) is 0 Å². The van der Waals surface area contributed by atoms with Crippen LogP contribution in [0, 0.1) is 20.6 Å². The summed E-state index contributed by atoms with van der Waals surface area (Å²) in [5.41, 5.74) is 7.74. The van der Waals surface area contributed by atoms with E-state index in [-0.39, 0.29) is 24.5 Å². The molecule has 0 saturated heterocycles. The summed E-state index contributed by atoms with van der Waals surface area (Å²) in [6.07, 6.45) is 0. The van der Waals surface area contributed by atoms with E-state index in [1.54, 1.807) is 0 Å². The fraction of sp³-hybridized carbons (Fsp3) is 0.350. The lowest BCUT2D eigenvalue weighted by molar-refractivity contribution is -0.384. The summed E-state index contributed by atoms with van der Waals surface area (Å²) in [4.78, 5) is 26.5. The average molecular weight is 528 g/mol. The standard InChI is InChI=1S/C20H25IN4O5/c1-14-2-4-19(17(21)12-14)24(7-6-23(8-10-26)9-11-27)18-5-3-15(25(29)30)13-16(18)20(22)28/h2-5,12-13,26-27H,6-11H2,1H3,(H2,22,28). The van der Waals surface area contributed by atoms with Crippen molar-refractivity contribution in [1.82, 2.24) is 4.90 Å². The average Bonchev–Trinajstić information content (AvgIpc) is 2.69. The van der Waals surface area contributed by atoms with E-state index in [1.165, 1.54) is 18.2 Å². The van der Waals surface area contributed by atoms with Crippen LogP contribution in [0.1, 0.15) is 15.9 Å². The molecule has 0 unspecified atom stereocenters. The van der Waals surface area contributed by atoms with Gasteiger partial charge in [-0.05, 0) is 53.3 Å². The molecule has 4 N–H and O–H groups in total. The number of halogens is 1. The molecule has 2 aromatic rings. The molecule has 0 radical (unpaired) electrons. The molecule has 1 amide bonds. The fourth-order valence-corrected chi connectivity index (χ4v) is 4.09. The van der Waals surface area contributed by atoms with Gasteiger partial charge in [0.05, 0.1) is 35.1 Å². The third kappa shape index (κ3) is 6.11. The maximum absolute atomic E-state index is 12.1. The number of aryl methyl sites for hydroxylation is 1. The Kier molecular flexibility index (Phi) is 8.96. The van der Waals surface area contributed by atoms with Crippen molar-refractivity contribution in [3.63, 3.8) is 0 Å². The molecule has 2 rings (SSSR count). The molecular weight excluding hydrogens is 503 g/mol. The summed E-state index contributed by atoms with van der Waals surface area (Å²) in [5.74, 6) is -0.761. The highest BCUT2D eigenvalue weighted by Gasteiger charge is 2.22. The van der Waals surface area contributed by atoms with E-state index in [1.807, 2.05) is 34.9 Å². The normalized spacial score (nSPS) is 11.0. The van der Waals surface area contributed by atoms with Crippen LogP contribution in [0.25, 0.3) is 0 Å². The number of anilines is 2. The van der Waals surface area contributed by atoms with Crippen LogP contribution >= 0.6 is 22.6 Å². The van der Waals surface area contributed by atoms with Crippen molar-refractivity contribution in [3.8, 4) is 0 Å². The number of hydrogen-bond acceptors (Lipinski definition) is 7. The van der Waals surface area contributed by atoms with Crippen molar-refractivity contribution < 1.29 is 19.9 Å². The lowest BCUT2D eigenvalue weighted by Gasteiger charge is -2.30. The third-order valence-corrected chi connectivity index (χ3v) is 5.48. The first-order valence-electron chi connectivity index (χ1n) is 9.34. The summed E-state index contributed by atoms with van der Waals surface area (Å²) >= 11 is 2.21. The van der Waals surface area contributed by atoms with Crippen molar-refractivity contribution in [1.29, 1.82) is 0 Å². The topological polar surface area (TPSA) is 133 Å². The van der Waals surface area contributed by atoms with Gasteiger partial charge >= 0.3 is 0 Å². The molecule has 0 atom stereocenters. The largest absolute Gasteiger partial charge is 0.395 e. The number of carbonyl (C=O) groups is 1. The molecule has 10 heteroatoms. The van der Waals surface area contributed by atoms with Gasteiger partial charge < -0.3 is 20.8 Å². The second kappa shape index (κ2) is 11.2.